The molecule has 8 nitrogen and oxygen atoms in total. The van der Waals surface area contributed by atoms with Gasteiger partial charge in [0.15, 0.2) is 5.76 Å². The van der Waals surface area contributed by atoms with Crippen molar-refractivity contribution in [3.05, 3.63) is 57.5 Å². The molecule has 8 heteroatoms. The van der Waals surface area contributed by atoms with E-state index < -0.39 is 4.92 Å². The Morgan fingerprint density at radius 3 is 2.63 bits per heavy atom. The highest BCUT2D eigenvalue weighted by Gasteiger charge is 2.13. The van der Waals surface area contributed by atoms with Crippen LogP contribution in [0.25, 0.3) is 0 Å². The second kappa shape index (κ2) is 9.72. The predicted molar refractivity (Wildman–Crippen MR) is 101 cm³/mol. The third-order valence-corrected chi connectivity index (χ3v) is 4.24. The SMILES string of the molecule is CCN(CC)CCNC(=O)c1ccc(COc2ccc([N+](=O)[O-])c(C)c2)o1. The van der Waals surface area contributed by atoms with Gasteiger partial charge in [-0.3, -0.25) is 14.9 Å². The number of rotatable bonds is 10. The van der Waals surface area contributed by atoms with Crippen LogP contribution in [0, 0.1) is 17.0 Å². The van der Waals surface area contributed by atoms with E-state index in [1.807, 2.05) is 0 Å². The minimum atomic E-state index is -0.434. The summed E-state index contributed by atoms with van der Waals surface area (Å²) in [7, 11) is 0. The predicted octanol–water partition coefficient (Wildman–Crippen LogP) is 3.15. The molecule has 2 rings (SSSR count). The van der Waals surface area contributed by atoms with Gasteiger partial charge in [0.25, 0.3) is 11.6 Å². The summed E-state index contributed by atoms with van der Waals surface area (Å²) < 4.78 is 11.1. The van der Waals surface area contributed by atoms with Gasteiger partial charge in [-0.1, -0.05) is 13.8 Å². The van der Waals surface area contributed by atoms with Gasteiger partial charge in [0, 0.05) is 24.7 Å². The molecule has 0 saturated heterocycles. The molecule has 0 saturated carbocycles. The smallest absolute Gasteiger partial charge is 0.287 e. The average Bonchev–Trinajstić information content (AvgIpc) is 3.12. The number of furan rings is 1. The summed E-state index contributed by atoms with van der Waals surface area (Å²) in [5, 5.41) is 13.7. The second-order valence-electron chi connectivity index (χ2n) is 6.04. The van der Waals surface area contributed by atoms with Crippen LogP contribution in [0.4, 0.5) is 5.69 Å². The summed E-state index contributed by atoms with van der Waals surface area (Å²) in [6, 6.07) is 7.82. The highest BCUT2D eigenvalue weighted by molar-refractivity contribution is 5.91. The molecule has 1 aromatic carbocycles. The van der Waals surface area contributed by atoms with Crippen molar-refractivity contribution >= 4 is 11.6 Å². The number of ether oxygens (including phenoxy) is 1. The molecule has 146 valence electrons. The molecule has 27 heavy (non-hydrogen) atoms. The van der Waals surface area contributed by atoms with Crippen LogP contribution in [-0.4, -0.2) is 41.9 Å². The van der Waals surface area contributed by atoms with Crippen molar-refractivity contribution in [2.75, 3.05) is 26.2 Å². The minimum Gasteiger partial charge on any atom is -0.486 e. The fourth-order valence-corrected chi connectivity index (χ4v) is 2.61. The maximum Gasteiger partial charge on any atom is 0.287 e. The highest BCUT2D eigenvalue weighted by Crippen LogP contribution is 2.23. The van der Waals surface area contributed by atoms with Gasteiger partial charge in [-0.25, -0.2) is 0 Å². The molecule has 0 bridgehead atoms. The molecular weight excluding hydrogens is 350 g/mol. The molecule has 0 fully saturated rings. The van der Waals surface area contributed by atoms with Crippen LogP contribution in [0.3, 0.4) is 0 Å². The van der Waals surface area contributed by atoms with Gasteiger partial charge in [0.2, 0.25) is 0 Å². The van der Waals surface area contributed by atoms with Crippen LogP contribution in [0.2, 0.25) is 0 Å². The number of hydrogen-bond donors (Lipinski definition) is 1. The van der Waals surface area contributed by atoms with Crippen LogP contribution in [0.5, 0.6) is 5.75 Å². The molecule has 0 unspecified atom stereocenters. The molecule has 0 radical (unpaired) electrons. The number of likely N-dealkylation sites (N-methyl/N-ethyl adjacent to an activating group) is 1. The lowest BCUT2D eigenvalue weighted by Gasteiger charge is -2.17. The molecule has 1 heterocycles. The summed E-state index contributed by atoms with van der Waals surface area (Å²) in [5.74, 6) is 0.965. The van der Waals surface area contributed by atoms with E-state index in [4.69, 9.17) is 9.15 Å². The summed E-state index contributed by atoms with van der Waals surface area (Å²) in [4.78, 5) is 24.7. The number of carbonyl (C=O) groups is 1. The van der Waals surface area contributed by atoms with E-state index in [0.29, 0.717) is 23.6 Å². The molecule has 2 aromatic rings. The van der Waals surface area contributed by atoms with Crippen molar-refractivity contribution in [2.45, 2.75) is 27.4 Å². The molecule has 1 N–H and O–H groups in total. The van der Waals surface area contributed by atoms with Crippen molar-refractivity contribution in [1.82, 2.24) is 10.2 Å². The van der Waals surface area contributed by atoms with Crippen molar-refractivity contribution in [2.24, 2.45) is 0 Å². The summed E-state index contributed by atoms with van der Waals surface area (Å²) in [6.07, 6.45) is 0. The Labute approximate surface area is 158 Å². The van der Waals surface area contributed by atoms with Crippen LogP contribution in [-0.2, 0) is 6.61 Å². The van der Waals surface area contributed by atoms with E-state index in [-0.39, 0.29) is 24.0 Å². The number of aryl methyl sites for hydroxylation is 1. The van der Waals surface area contributed by atoms with Crippen molar-refractivity contribution in [3.63, 3.8) is 0 Å². The maximum atomic E-state index is 12.1. The van der Waals surface area contributed by atoms with Crippen molar-refractivity contribution < 1.29 is 18.9 Å². The Bertz CT molecular complexity index is 783. The average molecular weight is 375 g/mol. The molecule has 1 aromatic heterocycles. The number of nitro benzene ring substituents is 1. The Morgan fingerprint density at radius 2 is 2.00 bits per heavy atom. The highest BCUT2D eigenvalue weighted by atomic mass is 16.6. The third-order valence-electron chi connectivity index (χ3n) is 4.24. The minimum absolute atomic E-state index is 0.0454. The molecule has 1 amide bonds. The summed E-state index contributed by atoms with van der Waals surface area (Å²) >= 11 is 0. The number of nitro groups is 1. The van der Waals surface area contributed by atoms with E-state index in [1.54, 1.807) is 25.1 Å². The van der Waals surface area contributed by atoms with Crippen LogP contribution in [0.15, 0.2) is 34.7 Å². The van der Waals surface area contributed by atoms with Gasteiger partial charge in [0.1, 0.15) is 18.1 Å². The Morgan fingerprint density at radius 1 is 1.26 bits per heavy atom. The van der Waals surface area contributed by atoms with E-state index in [2.05, 4.69) is 24.1 Å². The molecule has 0 aliphatic heterocycles. The molecule has 0 aliphatic carbocycles. The van der Waals surface area contributed by atoms with E-state index in [9.17, 15) is 14.9 Å². The first-order valence-corrected chi connectivity index (χ1v) is 8.91. The van der Waals surface area contributed by atoms with Crippen molar-refractivity contribution in [1.29, 1.82) is 0 Å². The molecular formula is C19H25N3O5. The lowest BCUT2D eigenvalue weighted by atomic mass is 10.2. The van der Waals surface area contributed by atoms with Crippen LogP contribution < -0.4 is 10.1 Å². The van der Waals surface area contributed by atoms with E-state index in [0.717, 1.165) is 19.6 Å². The molecule has 0 aliphatic rings. The zero-order valence-corrected chi connectivity index (χ0v) is 15.9. The number of nitrogens with one attached hydrogen (secondary N) is 1. The Hall–Kier alpha value is -2.87. The normalized spacial score (nSPS) is 10.8. The fourth-order valence-electron chi connectivity index (χ4n) is 2.61. The largest absolute Gasteiger partial charge is 0.486 e. The molecule has 0 atom stereocenters. The third kappa shape index (κ3) is 5.82. The zero-order valence-electron chi connectivity index (χ0n) is 15.9. The lowest BCUT2D eigenvalue weighted by molar-refractivity contribution is -0.385. The number of nitrogens with zero attached hydrogens (tertiary/aromatic N) is 2. The number of amides is 1. The van der Waals surface area contributed by atoms with Crippen LogP contribution >= 0.6 is 0 Å². The van der Waals surface area contributed by atoms with Crippen LogP contribution in [0.1, 0.15) is 35.7 Å². The lowest BCUT2D eigenvalue weighted by Crippen LogP contribution is -2.34. The van der Waals surface area contributed by atoms with Crippen molar-refractivity contribution in [3.8, 4) is 5.75 Å². The van der Waals surface area contributed by atoms with Gasteiger partial charge >= 0.3 is 0 Å². The van der Waals surface area contributed by atoms with Gasteiger partial charge in [-0.05, 0) is 44.3 Å². The topological polar surface area (TPSA) is 97.9 Å². The first kappa shape index (κ1) is 20.4. The van der Waals surface area contributed by atoms with Gasteiger partial charge in [-0.15, -0.1) is 0 Å². The van der Waals surface area contributed by atoms with Gasteiger partial charge in [-0.2, -0.15) is 0 Å². The first-order valence-electron chi connectivity index (χ1n) is 8.91. The van der Waals surface area contributed by atoms with Gasteiger partial charge in [0.05, 0.1) is 4.92 Å². The van der Waals surface area contributed by atoms with E-state index >= 15 is 0 Å². The Balaban J connectivity index is 1.86. The monoisotopic (exact) mass is 375 g/mol. The summed E-state index contributed by atoms with van der Waals surface area (Å²) in [6.45, 7) is 9.16. The molecule has 0 spiro atoms. The fraction of sp³-hybridized carbons (Fsp3) is 0.421. The van der Waals surface area contributed by atoms with Gasteiger partial charge < -0.3 is 19.4 Å². The Kier molecular flexibility index (Phi) is 7.36. The standard InChI is InChI=1S/C19H25N3O5/c1-4-21(5-2)11-10-20-19(23)18-9-7-16(27-18)13-26-15-6-8-17(22(24)25)14(3)12-15/h6-9,12H,4-5,10-11,13H2,1-3H3,(H,20,23). The quantitative estimate of drug-likeness (QED) is 0.506. The number of carbonyl (C=O) groups excluding carboxylic acids is 1. The summed E-state index contributed by atoms with van der Waals surface area (Å²) in [5.41, 5.74) is 0.564. The second-order valence-corrected chi connectivity index (χ2v) is 6.04. The number of benzene rings is 1. The zero-order chi connectivity index (χ0) is 19.8. The number of hydrogen-bond acceptors (Lipinski definition) is 6. The maximum absolute atomic E-state index is 12.1. The van der Waals surface area contributed by atoms with E-state index in [1.165, 1.54) is 12.1 Å². The first-order chi connectivity index (χ1) is 12.9.